The zero-order chi connectivity index (χ0) is 15.5. The smallest absolute Gasteiger partial charge is 0.242 e. The van der Waals surface area contributed by atoms with Crippen LogP contribution in [0, 0.1) is 5.41 Å². The van der Waals surface area contributed by atoms with E-state index in [9.17, 15) is 9.59 Å². The number of nitrogens with one attached hydrogen (secondary N) is 1. The summed E-state index contributed by atoms with van der Waals surface area (Å²) in [5, 5.41) is 6.30. The van der Waals surface area contributed by atoms with Crippen LogP contribution in [0.2, 0.25) is 0 Å². The van der Waals surface area contributed by atoms with Crippen LogP contribution in [0.4, 0.5) is 0 Å². The normalized spacial score (nSPS) is 18.5. The lowest BCUT2D eigenvalue weighted by Crippen LogP contribution is -2.34. The summed E-state index contributed by atoms with van der Waals surface area (Å²) in [6.45, 7) is 2.91. The molecule has 1 unspecified atom stereocenters. The van der Waals surface area contributed by atoms with Crippen molar-refractivity contribution >= 4 is 30.7 Å². The summed E-state index contributed by atoms with van der Waals surface area (Å²) < 4.78 is 15.8. The summed E-state index contributed by atoms with van der Waals surface area (Å²) in [7, 11) is 0. The number of ether oxygens (including phenoxy) is 3. The first-order valence-electron chi connectivity index (χ1n) is 6.91. The van der Waals surface area contributed by atoms with E-state index in [1.54, 1.807) is 0 Å². The van der Waals surface area contributed by atoms with Crippen molar-refractivity contribution in [3.8, 4) is 0 Å². The van der Waals surface area contributed by atoms with Gasteiger partial charge in [0, 0.05) is 12.8 Å². The van der Waals surface area contributed by atoms with E-state index in [2.05, 4.69) is 12.6 Å². The molecular weight excluding hydrogens is 296 g/mol. The van der Waals surface area contributed by atoms with E-state index >= 15 is 0 Å². The molecule has 0 bridgehead atoms. The number of nitrogens with zero attached hydrogens (tertiary/aromatic N) is 1. The van der Waals surface area contributed by atoms with Crippen molar-refractivity contribution in [3.63, 3.8) is 0 Å². The molecule has 2 amide bonds. The summed E-state index contributed by atoms with van der Waals surface area (Å²) in [5.74, 6) is -0.438. The predicted octanol–water partition coefficient (Wildman–Crippen LogP) is 0.133. The van der Waals surface area contributed by atoms with Crippen LogP contribution in [0.1, 0.15) is 12.8 Å². The van der Waals surface area contributed by atoms with Crippen molar-refractivity contribution in [1.82, 2.24) is 4.90 Å². The molecule has 1 saturated heterocycles. The van der Waals surface area contributed by atoms with Crippen LogP contribution in [0.25, 0.3) is 0 Å². The Morgan fingerprint density at radius 1 is 1.10 bits per heavy atom. The standard InChI is InChI=1S/C13H22N2O5S/c14-2-1-4-18-6-8-20-9-7-19-5-3-15-12(16)10-11(21)13(15)17/h2,11,14,21H,1,3-10H2. The molecule has 0 aliphatic carbocycles. The van der Waals surface area contributed by atoms with Crippen LogP contribution in [-0.2, 0) is 23.8 Å². The van der Waals surface area contributed by atoms with E-state index < -0.39 is 5.25 Å². The Hall–Kier alpha value is -0.960. The van der Waals surface area contributed by atoms with Crippen LogP contribution in [0.15, 0.2) is 0 Å². The number of hydrogen-bond acceptors (Lipinski definition) is 7. The molecule has 1 heterocycles. The van der Waals surface area contributed by atoms with Crippen molar-refractivity contribution in [2.24, 2.45) is 0 Å². The second-order valence-corrected chi connectivity index (χ2v) is 5.06. The molecule has 0 aromatic rings. The maximum atomic E-state index is 11.5. The van der Waals surface area contributed by atoms with E-state index in [1.807, 2.05) is 0 Å². The predicted molar refractivity (Wildman–Crippen MR) is 80.0 cm³/mol. The van der Waals surface area contributed by atoms with Gasteiger partial charge in [0.2, 0.25) is 11.8 Å². The second-order valence-electron chi connectivity index (χ2n) is 4.43. The van der Waals surface area contributed by atoms with E-state index in [0.29, 0.717) is 46.1 Å². The number of imide groups is 1. The van der Waals surface area contributed by atoms with Gasteiger partial charge in [-0.2, -0.15) is 12.6 Å². The van der Waals surface area contributed by atoms with Gasteiger partial charge in [-0.3, -0.25) is 14.5 Å². The first-order chi connectivity index (χ1) is 10.2. The van der Waals surface area contributed by atoms with E-state index in [4.69, 9.17) is 19.6 Å². The molecule has 1 fully saturated rings. The summed E-state index contributed by atoms with van der Waals surface area (Å²) in [5.41, 5.74) is 0. The lowest BCUT2D eigenvalue weighted by atomic mass is 10.4. The topological polar surface area (TPSA) is 88.9 Å². The molecular formula is C13H22N2O5S. The Bertz CT molecular complexity index is 353. The molecule has 1 rings (SSSR count). The van der Waals surface area contributed by atoms with Gasteiger partial charge in [-0.1, -0.05) is 0 Å². The van der Waals surface area contributed by atoms with Gasteiger partial charge in [0.1, 0.15) is 0 Å². The van der Waals surface area contributed by atoms with Crippen LogP contribution in [0.5, 0.6) is 0 Å². The molecule has 1 aliphatic heterocycles. The molecule has 1 aliphatic rings. The van der Waals surface area contributed by atoms with Crippen molar-refractivity contribution in [1.29, 1.82) is 5.41 Å². The molecule has 8 heteroatoms. The molecule has 120 valence electrons. The first-order valence-corrected chi connectivity index (χ1v) is 7.43. The number of carbonyl (C=O) groups is 2. The maximum Gasteiger partial charge on any atom is 0.242 e. The summed E-state index contributed by atoms with van der Waals surface area (Å²) in [4.78, 5) is 24.2. The molecule has 0 saturated carbocycles. The third-order valence-corrected chi connectivity index (χ3v) is 3.23. The summed E-state index contributed by atoms with van der Waals surface area (Å²) >= 11 is 4.04. The number of thiol groups is 1. The summed E-state index contributed by atoms with van der Waals surface area (Å²) in [6, 6.07) is 0. The Kier molecular flexibility index (Phi) is 9.24. The molecule has 1 N–H and O–H groups in total. The van der Waals surface area contributed by atoms with Crippen molar-refractivity contribution in [2.75, 3.05) is 46.2 Å². The Balaban J connectivity index is 1.90. The molecule has 0 aromatic heterocycles. The van der Waals surface area contributed by atoms with E-state index in [1.165, 1.54) is 11.1 Å². The quantitative estimate of drug-likeness (QED) is 0.231. The second kappa shape index (κ2) is 10.7. The molecule has 1 atom stereocenters. The Morgan fingerprint density at radius 2 is 1.67 bits per heavy atom. The maximum absolute atomic E-state index is 11.5. The van der Waals surface area contributed by atoms with Crippen molar-refractivity contribution < 1.29 is 23.8 Å². The highest BCUT2D eigenvalue weighted by atomic mass is 32.1. The third kappa shape index (κ3) is 7.03. The fourth-order valence-electron chi connectivity index (χ4n) is 1.74. The highest BCUT2D eigenvalue weighted by Crippen LogP contribution is 2.16. The van der Waals surface area contributed by atoms with Crippen LogP contribution >= 0.6 is 12.6 Å². The zero-order valence-corrected chi connectivity index (χ0v) is 12.8. The van der Waals surface area contributed by atoms with Crippen LogP contribution < -0.4 is 0 Å². The molecule has 21 heavy (non-hydrogen) atoms. The lowest BCUT2D eigenvalue weighted by Gasteiger charge is -2.14. The zero-order valence-electron chi connectivity index (χ0n) is 12.0. The van der Waals surface area contributed by atoms with Crippen LogP contribution in [-0.4, -0.2) is 74.4 Å². The highest BCUT2D eigenvalue weighted by molar-refractivity contribution is 7.81. The van der Waals surface area contributed by atoms with Gasteiger partial charge in [-0.05, 0) is 6.21 Å². The number of amides is 2. The Labute approximate surface area is 129 Å². The van der Waals surface area contributed by atoms with Gasteiger partial charge in [-0.15, -0.1) is 0 Å². The molecule has 7 nitrogen and oxygen atoms in total. The minimum absolute atomic E-state index is 0.170. The van der Waals surface area contributed by atoms with E-state index in [0.717, 1.165) is 0 Å². The monoisotopic (exact) mass is 318 g/mol. The Morgan fingerprint density at radius 3 is 2.19 bits per heavy atom. The van der Waals surface area contributed by atoms with Gasteiger partial charge in [0.25, 0.3) is 0 Å². The van der Waals surface area contributed by atoms with Crippen molar-refractivity contribution in [3.05, 3.63) is 0 Å². The number of hydrogen-bond donors (Lipinski definition) is 2. The third-order valence-electron chi connectivity index (χ3n) is 2.83. The fraction of sp³-hybridized carbons (Fsp3) is 0.769. The number of rotatable bonds is 12. The lowest BCUT2D eigenvalue weighted by molar-refractivity contribution is -0.139. The van der Waals surface area contributed by atoms with Gasteiger partial charge in [-0.25, -0.2) is 0 Å². The van der Waals surface area contributed by atoms with Gasteiger partial charge < -0.3 is 19.6 Å². The SMILES string of the molecule is N=CCCOCCOCCOCCN1C(=O)CC(S)C1=O. The minimum atomic E-state index is -0.506. The average molecular weight is 318 g/mol. The van der Waals surface area contributed by atoms with Gasteiger partial charge in [0.15, 0.2) is 0 Å². The summed E-state index contributed by atoms with van der Waals surface area (Å²) in [6.07, 6.45) is 2.09. The molecule has 0 spiro atoms. The fourth-order valence-corrected chi connectivity index (χ4v) is 2.04. The number of carbonyl (C=O) groups excluding carboxylic acids is 2. The van der Waals surface area contributed by atoms with Crippen LogP contribution in [0.3, 0.4) is 0 Å². The van der Waals surface area contributed by atoms with Crippen molar-refractivity contribution in [2.45, 2.75) is 18.1 Å². The largest absolute Gasteiger partial charge is 0.379 e. The minimum Gasteiger partial charge on any atom is -0.379 e. The highest BCUT2D eigenvalue weighted by Gasteiger charge is 2.35. The van der Waals surface area contributed by atoms with E-state index in [-0.39, 0.29) is 24.8 Å². The number of likely N-dealkylation sites (tertiary alicyclic amines) is 1. The molecule has 0 aromatic carbocycles. The first kappa shape index (κ1) is 18.1. The molecule has 0 radical (unpaired) electrons. The average Bonchev–Trinajstić information content (AvgIpc) is 2.70. The van der Waals surface area contributed by atoms with Gasteiger partial charge >= 0.3 is 0 Å². The van der Waals surface area contributed by atoms with Gasteiger partial charge in [0.05, 0.1) is 51.4 Å².